The van der Waals surface area contributed by atoms with Crippen molar-refractivity contribution in [2.75, 3.05) is 0 Å². The van der Waals surface area contributed by atoms with Gasteiger partial charge in [0.05, 0.1) is 5.56 Å². The Labute approximate surface area is 130 Å². The molecule has 1 aliphatic carbocycles. The summed E-state index contributed by atoms with van der Waals surface area (Å²) in [5.41, 5.74) is 0.761. The van der Waals surface area contributed by atoms with E-state index in [9.17, 15) is 4.79 Å². The summed E-state index contributed by atoms with van der Waals surface area (Å²) in [5, 5.41) is 3.18. The third-order valence-electron chi connectivity index (χ3n) is 3.95. The molecule has 2 rings (SSSR count). The third-order valence-corrected chi connectivity index (χ3v) is 5.39. The molecule has 0 spiro atoms. The Morgan fingerprint density at radius 3 is 2.72 bits per heavy atom. The second-order valence-corrected chi connectivity index (χ2v) is 7.20. The van der Waals surface area contributed by atoms with Crippen LogP contribution in [0.4, 0.5) is 0 Å². The SMILES string of the molecule is CC1CCC(NC(=O)c2cc(Br)ccc2I)C1C. The van der Waals surface area contributed by atoms with Gasteiger partial charge in [0.15, 0.2) is 0 Å². The predicted octanol–water partition coefficient (Wildman–Crippen LogP) is 4.22. The van der Waals surface area contributed by atoms with Crippen LogP contribution in [0.2, 0.25) is 0 Å². The van der Waals surface area contributed by atoms with E-state index in [1.54, 1.807) is 0 Å². The zero-order valence-corrected chi connectivity index (χ0v) is 14.3. The van der Waals surface area contributed by atoms with Gasteiger partial charge < -0.3 is 5.32 Å². The molecule has 1 aromatic rings. The molecular formula is C14H17BrINO. The maximum atomic E-state index is 12.3. The van der Waals surface area contributed by atoms with Crippen molar-refractivity contribution >= 4 is 44.4 Å². The maximum Gasteiger partial charge on any atom is 0.252 e. The lowest BCUT2D eigenvalue weighted by molar-refractivity contribution is 0.0926. The second kappa shape index (κ2) is 5.90. The normalized spacial score (nSPS) is 27.2. The first-order chi connectivity index (χ1) is 8.49. The van der Waals surface area contributed by atoms with Gasteiger partial charge >= 0.3 is 0 Å². The van der Waals surface area contributed by atoms with Crippen LogP contribution in [0.25, 0.3) is 0 Å². The number of halogens is 2. The highest BCUT2D eigenvalue weighted by molar-refractivity contribution is 14.1. The highest BCUT2D eigenvalue weighted by Crippen LogP contribution is 2.31. The van der Waals surface area contributed by atoms with Gasteiger partial charge in [0.1, 0.15) is 0 Å². The van der Waals surface area contributed by atoms with E-state index in [2.05, 4.69) is 57.7 Å². The van der Waals surface area contributed by atoms with Gasteiger partial charge in [0.2, 0.25) is 0 Å². The molecule has 1 N–H and O–H groups in total. The lowest BCUT2D eigenvalue weighted by Gasteiger charge is -2.20. The van der Waals surface area contributed by atoms with Crippen LogP contribution in [-0.4, -0.2) is 11.9 Å². The van der Waals surface area contributed by atoms with E-state index in [4.69, 9.17) is 0 Å². The van der Waals surface area contributed by atoms with Gasteiger partial charge in [-0.25, -0.2) is 0 Å². The smallest absolute Gasteiger partial charge is 0.252 e. The molecule has 3 unspecified atom stereocenters. The second-order valence-electron chi connectivity index (χ2n) is 5.12. The minimum absolute atomic E-state index is 0.0478. The molecule has 0 heterocycles. The maximum absolute atomic E-state index is 12.3. The Balaban J connectivity index is 2.10. The van der Waals surface area contributed by atoms with Crippen molar-refractivity contribution in [2.24, 2.45) is 11.8 Å². The Bertz CT molecular complexity index is 463. The fraction of sp³-hybridized carbons (Fsp3) is 0.500. The summed E-state index contributed by atoms with van der Waals surface area (Å²) in [4.78, 5) is 12.3. The summed E-state index contributed by atoms with van der Waals surface area (Å²) in [7, 11) is 0. The molecule has 0 radical (unpaired) electrons. The molecule has 18 heavy (non-hydrogen) atoms. The number of hydrogen-bond donors (Lipinski definition) is 1. The number of hydrogen-bond acceptors (Lipinski definition) is 1. The summed E-state index contributed by atoms with van der Waals surface area (Å²) < 4.78 is 1.94. The van der Waals surface area contributed by atoms with Crippen LogP contribution in [0.5, 0.6) is 0 Å². The molecule has 1 amide bonds. The summed E-state index contributed by atoms with van der Waals surface area (Å²) in [6.45, 7) is 4.49. The van der Waals surface area contributed by atoms with Crippen LogP contribution >= 0.6 is 38.5 Å². The van der Waals surface area contributed by atoms with Gasteiger partial charge in [-0.3, -0.25) is 4.79 Å². The molecule has 1 aliphatic rings. The molecule has 98 valence electrons. The number of rotatable bonds is 2. The third kappa shape index (κ3) is 3.07. The molecule has 0 aliphatic heterocycles. The van der Waals surface area contributed by atoms with E-state index in [-0.39, 0.29) is 5.91 Å². The number of benzene rings is 1. The molecule has 2 nitrogen and oxygen atoms in total. The minimum atomic E-state index is 0.0478. The average molecular weight is 422 g/mol. The quantitative estimate of drug-likeness (QED) is 0.711. The van der Waals surface area contributed by atoms with Gasteiger partial charge in [-0.1, -0.05) is 29.8 Å². The average Bonchev–Trinajstić information content (AvgIpc) is 2.64. The Morgan fingerprint density at radius 1 is 1.39 bits per heavy atom. The molecule has 0 saturated heterocycles. The largest absolute Gasteiger partial charge is 0.349 e. The molecular weight excluding hydrogens is 405 g/mol. The van der Waals surface area contributed by atoms with Crippen molar-refractivity contribution in [1.29, 1.82) is 0 Å². The highest BCUT2D eigenvalue weighted by atomic mass is 127. The monoisotopic (exact) mass is 421 g/mol. The van der Waals surface area contributed by atoms with E-state index in [1.165, 1.54) is 6.42 Å². The number of nitrogens with one attached hydrogen (secondary N) is 1. The fourth-order valence-electron chi connectivity index (χ4n) is 2.49. The van der Waals surface area contributed by atoms with E-state index < -0.39 is 0 Å². The highest BCUT2D eigenvalue weighted by Gasteiger charge is 2.31. The van der Waals surface area contributed by atoms with Crippen molar-refractivity contribution in [3.05, 3.63) is 31.8 Å². The van der Waals surface area contributed by atoms with Crippen molar-refractivity contribution in [3.8, 4) is 0 Å². The minimum Gasteiger partial charge on any atom is -0.349 e. The van der Waals surface area contributed by atoms with Gasteiger partial charge in [-0.05, 0) is 65.5 Å². The van der Waals surface area contributed by atoms with E-state index in [0.29, 0.717) is 17.9 Å². The molecule has 1 saturated carbocycles. The lowest BCUT2D eigenvalue weighted by Crippen LogP contribution is -2.37. The summed E-state index contributed by atoms with van der Waals surface area (Å²) >= 11 is 5.62. The summed E-state index contributed by atoms with van der Waals surface area (Å²) in [6.07, 6.45) is 2.31. The Morgan fingerprint density at radius 2 is 2.11 bits per heavy atom. The first kappa shape index (κ1) is 14.3. The van der Waals surface area contributed by atoms with Gasteiger partial charge in [-0.15, -0.1) is 0 Å². The van der Waals surface area contributed by atoms with Gasteiger partial charge in [0.25, 0.3) is 5.91 Å². The van der Waals surface area contributed by atoms with Gasteiger partial charge in [-0.2, -0.15) is 0 Å². The molecule has 1 fully saturated rings. The Hall–Kier alpha value is -0.100. The first-order valence-corrected chi connectivity index (χ1v) is 8.12. The molecule has 0 aromatic heterocycles. The zero-order chi connectivity index (χ0) is 13.3. The van der Waals surface area contributed by atoms with Crippen molar-refractivity contribution in [3.63, 3.8) is 0 Å². The van der Waals surface area contributed by atoms with E-state index in [1.807, 2.05) is 18.2 Å². The first-order valence-electron chi connectivity index (χ1n) is 6.25. The van der Waals surface area contributed by atoms with Crippen LogP contribution in [0.3, 0.4) is 0 Å². The fourth-order valence-corrected chi connectivity index (χ4v) is 3.43. The van der Waals surface area contributed by atoms with E-state index in [0.717, 1.165) is 20.0 Å². The topological polar surface area (TPSA) is 29.1 Å². The number of carbonyl (C=O) groups excluding carboxylic acids is 1. The summed E-state index contributed by atoms with van der Waals surface area (Å²) in [6, 6.07) is 6.13. The van der Waals surface area contributed by atoms with Gasteiger partial charge in [0, 0.05) is 14.1 Å². The van der Waals surface area contributed by atoms with Crippen LogP contribution in [-0.2, 0) is 0 Å². The molecule has 1 aromatic carbocycles. The molecule has 3 atom stereocenters. The Kier molecular flexibility index (Phi) is 4.69. The van der Waals surface area contributed by atoms with Crippen molar-refractivity contribution in [1.82, 2.24) is 5.32 Å². The predicted molar refractivity (Wildman–Crippen MR) is 85.7 cm³/mol. The molecule has 4 heteroatoms. The molecule has 0 bridgehead atoms. The summed E-state index contributed by atoms with van der Waals surface area (Å²) in [5.74, 6) is 1.32. The van der Waals surface area contributed by atoms with Crippen LogP contribution in [0.1, 0.15) is 37.0 Å². The number of amides is 1. The van der Waals surface area contributed by atoms with Crippen LogP contribution < -0.4 is 5.32 Å². The van der Waals surface area contributed by atoms with E-state index >= 15 is 0 Å². The van der Waals surface area contributed by atoms with Crippen LogP contribution in [0.15, 0.2) is 22.7 Å². The standard InChI is InChI=1S/C14H17BrINO/c1-8-3-6-13(9(8)2)17-14(18)11-7-10(15)4-5-12(11)16/h4-5,7-9,13H,3,6H2,1-2H3,(H,17,18). The zero-order valence-electron chi connectivity index (χ0n) is 10.5. The lowest BCUT2D eigenvalue weighted by atomic mass is 9.97. The van der Waals surface area contributed by atoms with Crippen LogP contribution in [0, 0.1) is 15.4 Å². The van der Waals surface area contributed by atoms with Crippen molar-refractivity contribution in [2.45, 2.75) is 32.7 Å². The number of carbonyl (C=O) groups is 1. The van der Waals surface area contributed by atoms with Crippen molar-refractivity contribution < 1.29 is 4.79 Å².